The maximum Gasteiger partial charge on any atom is 0.328 e. The summed E-state index contributed by atoms with van der Waals surface area (Å²) in [4.78, 5) is 46.5. The van der Waals surface area contributed by atoms with Gasteiger partial charge in [0.1, 0.15) is 11.6 Å². The number of carboxylic acids is 1. The van der Waals surface area contributed by atoms with Crippen molar-refractivity contribution in [3.05, 3.63) is 48.3 Å². The lowest BCUT2D eigenvalue weighted by atomic mass is 9.93. The Morgan fingerprint density at radius 2 is 2.00 bits per heavy atom. The molecule has 10 nitrogen and oxygen atoms in total. The SMILES string of the molecule is COC(=O)[C@H](Cc1cnc[nH]1)NC(=O)CNC(C)(C(=O)O)c1ccncc1. The summed E-state index contributed by atoms with van der Waals surface area (Å²) >= 11 is 0. The highest BCUT2D eigenvalue weighted by atomic mass is 16.5. The number of carbonyl (C=O) groups excluding carboxylic acids is 2. The number of hydrogen-bond donors (Lipinski definition) is 4. The van der Waals surface area contributed by atoms with E-state index in [2.05, 4.69) is 25.6 Å². The van der Waals surface area contributed by atoms with Crippen molar-refractivity contribution in [3.63, 3.8) is 0 Å². The lowest BCUT2D eigenvalue weighted by Gasteiger charge is -2.27. The molecule has 0 spiro atoms. The molecule has 0 aliphatic carbocycles. The topological polar surface area (TPSA) is 146 Å². The predicted octanol–water partition coefficient (Wildman–Crippen LogP) is -0.405. The number of ether oxygens (including phenoxy) is 1. The van der Waals surface area contributed by atoms with Crippen molar-refractivity contribution in [3.8, 4) is 0 Å². The van der Waals surface area contributed by atoms with Gasteiger partial charge >= 0.3 is 11.9 Å². The van der Waals surface area contributed by atoms with E-state index in [1.54, 1.807) is 12.1 Å². The molecular formula is C17H21N5O5. The summed E-state index contributed by atoms with van der Waals surface area (Å²) in [5, 5.41) is 14.8. The second kappa shape index (κ2) is 8.90. The van der Waals surface area contributed by atoms with Gasteiger partial charge in [-0.25, -0.2) is 14.6 Å². The van der Waals surface area contributed by atoms with Gasteiger partial charge in [0.25, 0.3) is 0 Å². The van der Waals surface area contributed by atoms with Crippen molar-refractivity contribution in [1.82, 2.24) is 25.6 Å². The first-order valence-electron chi connectivity index (χ1n) is 8.10. The summed E-state index contributed by atoms with van der Waals surface area (Å²) in [5.41, 5.74) is -0.407. The largest absolute Gasteiger partial charge is 0.480 e. The van der Waals surface area contributed by atoms with Crippen molar-refractivity contribution in [2.75, 3.05) is 13.7 Å². The molecule has 2 atom stereocenters. The molecule has 0 bridgehead atoms. The van der Waals surface area contributed by atoms with Crippen molar-refractivity contribution >= 4 is 17.8 Å². The van der Waals surface area contributed by atoms with Gasteiger partial charge in [-0.2, -0.15) is 0 Å². The Morgan fingerprint density at radius 3 is 2.56 bits per heavy atom. The third kappa shape index (κ3) is 5.11. The molecule has 0 aliphatic rings. The maximum atomic E-state index is 12.3. The standard InChI is InChI=1S/C17H21N5O5/c1-17(16(25)26,11-3-5-18-6-4-11)21-9-14(23)22-13(15(24)27-2)7-12-8-19-10-20-12/h3-6,8,10,13,21H,7,9H2,1-2H3,(H,19,20)(H,22,23)(H,25,26)/t13-,17?/m0/s1. The molecule has 0 aromatic carbocycles. The van der Waals surface area contributed by atoms with Gasteiger partial charge in [0.05, 0.1) is 20.0 Å². The highest BCUT2D eigenvalue weighted by Crippen LogP contribution is 2.20. The smallest absolute Gasteiger partial charge is 0.328 e. The van der Waals surface area contributed by atoms with Crippen LogP contribution in [-0.4, -0.2) is 57.6 Å². The molecule has 27 heavy (non-hydrogen) atoms. The minimum absolute atomic E-state index is 0.166. The highest BCUT2D eigenvalue weighted by Gasteiger charge is 2.35. The monoisotopic (exact) mass is 375 g/mol. The van der Waals surface area contributed by atoms with Crippen LogP contribution in [0.25, 0.3) is 0 Å². The molecule has 0 fully saturated rings. The number of nitrogens with zero attached hydrogens (tertiary/aromatic N) is 2. The number of aromatic nitrogens is 3. The number of carboxylic acid groups (broad SMARTS) is 1. The summed E-state index contributed by atoms with van der Waals surface area (Å²) in [6, 6.07) is 2.17. The number of aromatic amines is 1. The van der Waals surface area contributed by atoms with E-state index in [1.165, 1.54) is 39.0 Å². The molecule has 0 radical (unpaired) electrons. The normalized spacial score (nSPS) is 14.0. The first-order chi connectivity index (χ1) is 12.9. The fraction of sp³-hybridized carbons (Fsp3) is 0.353. The molecule has 0 aliphatic heterocycles. The lowest BCUT2D eigenvalue weighted by Crippen LogP contribution is -2.52. The van der Waals surface area contributed by atoms with Gasteiger partial charge in [0, 0.05) is 30.7 Å². The molecule has 144 valence electrons. The Labute approximate surface area is 155 Å². The average Bonchev–Trinajstić information content (AvgIpc) is 3.18. The predicted molar refractivity (Wildman–Crippen MR) is 93.5 cm³/mol. The Hall–Kier alpha value is -3.27. The molecule has 0 saturated carbocycles. The van der Waals surface area contributed by atoms with E-state index in [-0.39, 0.29) is 13.0 Å². The van der Waals surface area contributed by atoms with Gasteiger partial charge in [0.15, 0.2) is 0 Å². The second-order valence-electron chi connectivity index (χ2n) is 5.94. The van der Waals surface area contributed by atoms with Crippen LogP contribution in [0.3, 0.4) is 0 Å². The van der Waals surface area contributed by atoms with Crippen LogP contribution in [0, 0.1) is 0 Å². The van der Waals surface area contributed by atoms with Gasteiger partial charge < -0.3 is 20.1 Å². The quantitative estimate of drug-likeness (QED) is 0.433. The van der Waals surface area contributed by atoms with E-state index < -0.39 is 29.4 Å². The second-order valence-corrected chi connectivity index (χ2v) is 5.94. The number of esters is 1. The third-order valence-electron chi connectivity index (χ3n) is 4.09. The molecule has 2 rings (SSSR count). The Kier molecular flexibility index (Phi) is 6.61. The number of aliphatic carboxylic acids is 1. The number of nitrogens with one attached hydrogen (secondary N) is 3. The van der Waals surface area contributed by atoms with Crippen molar-refractivity contribution < 1.29 is 24.2 Å². The number of H-pyrrole nitrogens is 1. The lowest BCUT2D eigenvalue weighted by molar-refractivity contribution is -0.146. The fourth-order valence-corrected chi connectivity index (χ4v) is 2.44. The fourth-order valence-electron chi connectivity index (χ4n) is 2.44. The molecule has 1 amide bonds. The van der Waals surface area contributed by atoms with Crippen LogP contribution in [0.4, 0.5) is 0 Å². The highest BCUT2D eigenvalue weighted by molar-refractivity contribution is 5.87. The number of hydrogen-bond acceptors (Lipinski definition) is 7. The summed E-state index contributed by atoms with van der Waals surface area (Å²) in [7, 11) is 1.22. The van der Waals surface area contributed by atoms with Crippen LogP contribution in [-0.2, 0) is 31.1 Å². The van der Waals surface area contributed by atoms with Crippen LogP contribution in [0.2, 0.25) is 0 Å². The minimum Gasteiger partial charge on any atom is -0.480 e. The minimum atomic E-state index is -1.50. The van der Waals surface area contributed by atoms with Crippen LogP contribution < -0.4 is 10.6 Å². The van der Waals surface area contributed by atoms with E-state index in [4.69, 9.17) is 4.74 Å². The zero-order chi connectivity index (χ0) is 19.9. The number of methoxy groups -OCH3 is 1. The summed E-state index contributed by atoms with van der Waals surface area (Å²) in [6.07, 6.45) is 6.09. The molecule has 2 aromatic rings. The molecule has 1 unspecified atom stereocenters. The molecular weight excluding hydrogens is 354 g/mol. The summed E-state index contributed by atoms with van der Waals surface area (Å²) < 4.78 is 4.71. The van der Waals surface area contributed by atoms with E-state index in [9.17, 15) is 19.5 Å². The first kappa shape index (κ1) is 20.0. The van der Waals surface area contributed by atoms with E-state index in [0.717, 1.165) is 0 Å². The van der Waals surface area contributed by atoms with E-state index >= 15 is 0 Å². The Bertz CT molecular complexity index is 780. The molecule has 2 heterocycles. The number of carbonyl (C=O) groups is 3. The van der Waals surface area contributed by atoms with Crippen LogP contribution >= 0.6 is 0 Å². The third-order valence-corrected chi connectivity index (χ3v) is 4.09. The summed E-state index contributed by atoms with van der Waals surface area (Å²) in [6.45, 7) is 1.13. The molecule has 10 heteroatoms. The zero-order valence-electron chi connectivity index (χ0n) is 14.9. The number of imidazole rings is 1. The first-order valence-corrected chi connectivity index (χ1v) is 8.10. The van der Waals surface area contributed by atoms with Crippen molar-refractivity contribution in [2.45, 2.75) is 24.9 Å². The Morgan fingerprint density at radius 1 is 1.30 bits per heavy atom. The average molecular weight is 375 g/mol. The van der Waals surface area contributed by atoms with Crippen LogP contribution in [0.1, 0.15) is 18.2 Å². The molecule has 2 aromatic heterocycles. The maximum absolute atomic E-state index is 12.3. The van der Waals surface area contributed by atoms with Crippen LogP contribution in [0.15, 0.2) is 37.1 Å². The van der Waals surface area contributed by atoms with E-state index in [0.29, 0.717) is 11.3 Å². The van der Waals surface area contributed by atoms with Gasteiger partial charge in [0.2, 0.25) is 5.91 Å². The van der Waals surface area contributed by atoms with Gasteiger partial charge in [-0.05, 0) is 24.6 Å². The van der Waals surface area contributed by atoms with Gasteiger partial charge in [-0.15, -0.1) is 0 Å². The van der Waals surface area contributed by atoms with Crippen LogP contribution in [0.5, 0.6) is 0 Å². The number of rotatable bonds is 9. The van der Waals surface area contributed by atoms with Crippen molar-refractivity contribution in [2.24, 2.45) is 0 Å². The number of amides is 1. The van der Waals surface area contributed by atoms with Gasteiger partial charge in [-0.1, -0.05) is 0 Å². The van der Waals surface area contributed by atoms with Gasteiger partial charge in [-0.3, -0.25) is 15.1 Å². The zero-order valence-corrected chi connectivity index (χ0v) is 14.9. The van der Waals surface area contributed by atoms with Crippen molar-refractivity contribution in [1.29, 1.82) is 0 Å². The molecule has 4 N–H and O–H groups in total. The Balaban J connectivity index is 2.03. The van der Waals surface area contributed by atoms with E-state index in [1.807, 2.05) is 0 Å². The molecule has 0 saturated heterocycles. The number of pyridine rings is 1. The summed E-state index contributed by atoms with van der Waals surface area (Å²) in [5.74, 6) is -2.32.